The average molecular weight is 194 g/mol. The molecule has 0 aliphatic carbocycles. The molecule has 0 radical (unpaired) electrons. The molecule has 0 unspecified atom stereocenters. The van der Waals surface area contributed by atoms with Gasteiger partial charge in [-0.05, 0) is 7.05 Å². The minimum Gasteiger partial charge on any atom is -0.318 e. The smallest absolute Gasteiger partial charge is 0.318 e. The topological polar surface area (TPSA) is 42.7 Å². The van der Waals surface area contributed by atoms with Crippen molar-refractivity contribution in [2.75, 3.05) is 13.6 Å². The Kier molecular flexibility index (Phi) is 2.86. The van der Waals surface area contributed by atoms with Crippen LogP contribution in [0.3, 0.4) is 0 Å². The van der Waals surface area contributed by atoms with E-state index in [-0.39, 0.29) is 6.54 Å². The van der Waals surface area contributed by atoms with E-state index >= 15 is 0 Å². The Morgan fingerprint density at radius 2 is 2.23 bits per heavy atom. The van der Waals surface area contributed by atoms with Crippen molar-refractivity contribution in [3.63, 3.8) is 0 Å². The number of nitrogens with one attached hydrogen (secondary N) is 1. The van der Waals surface area contributed by atoms with Crippen LogP contribution in [0.4, 0.5) is 13.2 Å². The van der Waals surface area contributed by atoms with Crippen LogP contribution in [-0.4, -0.2) is 28.4 Å². The molecule has 1 aromatic rings. The van der Waals surface area contributed by atoms with Gasteiger partial charge in [-0.2, -0.15) is 13.2 Å². The van der Waals surface area contributed by atoms with Gasteiger partial charge in [-0.3, -0.25) is 0 Å². The summed E-state index contributed by atoms with van der Waals surface area (Å²) in [5.74, 6) is -0.956. The molecule has 74 valence electrons. The maximum absolute atomic E-state index is 12.2. The van der Waals surface area contributed by atoms with Crippen LogP contribution in [0, 0.1) is 0 Å². The standard InChI is InChI=1S/C6H9F3N4/c1-10-2-3-13-4-11-12-5(13)6(7,8)9/h4,10H,2-3H2,1H3. The number of halogens is 3. The van der Waals surface area contributed by atoms with Crippen molar-refractivity contribution in [3.8, 4) is 0 Å². The van der Waals surface area contributed by atoms with Gasteiger partial charge in [0.15, 0.2) is 0 Å². The second-order valence-corrected chi connectivity index (χ2v) is 2.45. The SMILES string of the molecule is CNCCn1cnnc1C(F)(F)F. The van der Waals surface area contributed by atoms with Crippen LogP contribution in [0.25, 0.3) is 0 Å². The lowest BCUT2D eigenvalue weighted by Crippen LogP contribution is -2.20. The van der Waals surface area contributed by atoms with Gasteiger partial charge >= 0.3 is 6.18 Å². The molecule has 4 nitrogen and oxygen atoms in total. The third-order valence-electron chi connectivity index (χ3n) is 1.47. The Balaban J connectivity index is 2.77. The predicted molar refractivity (Wildman–Crippen MR) is 39.0 cm³/mol. The van der Waals surface area contributed by atoms with Gasteiger partial charge in [0, 0.05) is 13.1 Å². The summed E-state index contributed by atoms with van der Waals surface area (Å²) < 4.78 is 37.5. The van der Waals surface area contributed by atoms with Crippen molar-refractivity contribution in [3.05, 3.63) is 12.2 Å². The number of aromatic nitrogens is 3. The van der Waals surface area contributed by atoms with Gasteiger partial charge < -0.3 is 9.88 Å². The molecule has 0 saturated carbocycles. The highest BCUT2D eigenvalue weighted by Gasteiger charge is 2.36. The fraction of sp³-hybridized carbons (Fsp3) is 0.667. The Bertz CT molecular complexity index is 267. The second kappa shape index (κ2) is 3.73. The number of likely N-dealkylation sites (N-methyl/N-ethyl adjacent to an activating group) is 1. The zero-order valence-corrected chi connectivity index (χ0v) is 6.97. The molecule has 0 fully saturated rings. The summed E-state index contributed by atoms with van der Waals surface area (Å²) >= 11 is 0. The lowest BCUT2D eigenvalue weighted by atomic mass is 10.5. The highest BCUT2D eigenvalue weighted by atomic mass is 19.4. The van der Waals surface area contributed by atoms with Crippen LogP contribution in [-0.2, 0) is 12.7 Å². The van der Waals surface area contributed by atoms with Gasteiger partial charge in [0.25, 0.3) is 0 Å². The molecule has 1 rings (SSSR count). The monoisotopic (exact) mass is 194 g/mol. The minimum atomic E-state index is -4.43. The molecule has 1 N–H and O–H groups in total. The first-order valence-electron chi connectivity index (χ1n) is 3.65. The molecule has 1 aromatic heterocycles. The van der Waals surface area contributed by atoms with Crippen molar-refractivity contribution < 1.29 is 13.2 Å². The molecule has 0 aromatic carbocycles. The summed E-state index contributed by atoms with van der Waals surface area (Å²) in [6.45, 7) is 0.652. The van der Waals surface area contributed by atoms with Crippen molar-refractivity contribution in [2.24, 2.45) is 0 Å². The predicted octanol–water partition coefficient (Wildman–Crippen LogP) is 0.516. The fourth-order valence-electron chi connectivity index (χ4n) is 0.870. The number of hydrogen-bond acceptors (Lipinski definition) is 3. The van der Waals surface area contributed by atoms with E-state index in [1.165, 1.54) is 0 Å². The number of rotatable bonds is 3. The highest BCUT2D eigenvalue weighted by Crippen LogP contribution is 2.26. The van der Waals surface area contributed by atoms with E-state index in [1.54, 1.807) is 7.05 Å². The van der Waals surface area contributed by atoms with Crippen molar-refractivity contribution in [2.45, 2.75) is 12.7 Å². The van der Waals surface area contributed by atoms with Crippen LogP contribution in [0.1, 0.15) is 5.82 Å². The lowest BCUT2D eigenvalue weighted by Gasteiger charge is -2.07. The lowest BCUT2D eigenvalue weighted by molar-refractivity contribution is -0.147. The summed E-state index contributed by atoms with van der Waals surface area (Å²) in [4.78, 5) is 0. The summed E-state index contributed by atoms with van der Waals surface area (Å²) in [6, 6.07) is 0. The van der Waals surface area contributed by atoms with E-state index in [0.717, 1.165) is 10.9 Å². The van der Waals surface area contributed by atoms with Gasteiger partial charge in [-0.25, -0.2) is 0 Å². The zero-order valence-electron chi connectivity index (χ0n) is 6.97. The van der Waals surface area contributed by atoms with Gasteiger partial charge in [0.2, 0.25) is 5.82 Å². The third-order valence-corrected chi connectivity index (χ3v) is 1.47. The molecule has 0 bridgehead atoms. The fourth-order valence-corrected chi connectivity index (χ4v) is 0.870. The molecule has 1 heterocycles. The maximum atomic E-state index is 12.2. The van der Waals surface area contributed by atoms with Crippen molar-refractivity contribution in [1.29, 1.82) is 0 Å². The molecule has 0 aliphatic heterocycles. The number of alkyl halides is 3. The van der Waals surface area contributed by atoms with Crippen molar-refractivity contribution in [1.82, 2.24) is 20.1 Å². The van der Waals surface area contributed by atoms with Gasteiger partial charge in [-0.1, -0.05) is 0 Å². The van der Waals surface area contributed by atoms with Crippen LogP contribution < -0.4 is 5.32 Å². The quantitative estimate of drug-likeness (QED) is 0.762. The van der Waals surface area contributed by atoms with Gasteiger partial charge in [0.1, 0.15) is 6.33 Å². The van der Waals surface area contributed by atoms with Crippen LogP contribution >= 0.6 is 0 Å². The van der Waals surface area contributed by atoms with Crippen LogP contribution in [0.5, 0.6) is 0 Å². The maximum Gasteiger partial charge on any atom is 0.451 e. The van der Waals surface area contributed by atoms with Gasteiger partial charge in [0.05, 0.1) is 0 Å². The molecular formula is C6H9F3N4. The zero-order chi connectivity index (χ0) is 9.90. The molecule has 0 aliphatic rings. The van der Waals surface area contributed by atoms with E-state index in [9.17, 15) is 13.2 Å². The number of hydrogen-bond donors (Lipinski definition) is 1. The Labute approximate surface area is 72.8 Å². The Hall–Kier alpha value is -1.11. The van der Waals surface area contributed by atoms with Crippen LogP contribution in [0.15, 0.2) is 6.33 Å². The molecule has 0 saturated heterocycles. The summed E-state index contributed by atoms with van der Waals surface area (Å²) in [5, 5.41) is 8.95. The third kappa shape index (κ3) is 2.41. The van der Waals surface area contributed by atoms with Gasteiger partial charge in [-0.15, -0.1) is 10.2 Å². The molecule has 0 amide bonds. The average Bonchev–Trinajstić information content (AvgIpc) is 2.47. The first kappa shape index (κ1) is 9.97. The number of nitrogens with zero attached hydrogens (tertiary/aromatic N) is 3. The second-order valence-electron chi connectivity index (χ2n) is 2.45. The summed E-state index contributed by atoms with van der Waals surface area (Å²) in [5.41, 5.74) is 0. The normalized spacial score (nSPS) is 12.0. The largest absolute Gasteiger partial charge is 0.451 e. The first-order valence-corrected chi connectivity index (χ1v) is 3.65. The summed E-state index contributed by atoms with van der Waals surface area (Å²) in [6.07, 6.45) is -3.36. The molecule has 13 heavy (non-hydrogen) atoms. The highest BCUT2D eigenvalue weighted by molar-refractivity contribution is 4.91. The van der Waals surface area contributed by atoms with E-state index in [4.69, 9.17) is 0 Å². The van der Waals surface area contributed by atoms with E-state index in [1.807, 2.05) is 0 Å². The minimum absolute atomic E-state index is 0.207. The molecule has 0 spiro atoms. The Morgan fingerprint density at radius 1 is 1.54 bits per heavy atom. The van der Waals surface area contributed by atoms with E-state index in [0.29, 0.717) is 6.54 Å². The van der Waals surface area contributed by atoms with E-state index in [2.05, 4.69) is 15.5 Å². The Morgan fingerprint density at radius 3 is 2.77 bits per heavy atom. The molecular weight excluding hydrogens is 185 g/mol. The van der Waals surface area contributed by atoms with E-state index < -0.39 is 12.0 Å². The van der Waals surface area contributed by atoms with Crippen LogP contribution in [0.2, 0.25) is 0 Å². The van der Waals surface area contributed by atoms with Crippen molar-refractivity contribution >= 4 is 0 Å². The first-order chi connectivity index (χ1) is 6.05. The summed E-state index contributed by atoms with van der Waals surface area (Å²) in [7, 11) is 1.66. The molecule has 7 heteroatoms. The molecule has 0 atom stereocenters.